The standard InChI is InChI=1S/C12H22N4/c1-12-11-13-3-2-4-14(11)6-8-16(12)10-9-15(12)7-5-13/h11H,2-10H2,1H3. The molecule has 4 rings (SSSR count). The summed E-state index contributed by atoms with van der Waals surface area (Å²) >= 11 is 0. The number of nitrogens with zero attached hydrogens (tertiary/aromatic N) is 4. The molecule has 0 amide bonds. The van der Waals surface area contributed by atoms with Crippen molar-refractivity contribution >= 4 is 0 Å². The molecular formula is C12H22N4. The average molecular weight is 222 g/mol. The Morgan fingerprint density at radius 1 is 0.750 bits per heavy atom. The third-order valence-corrected chi connectivity index (χ3v) is 5.31. The molecule has 0 bridgehead atoms. The van der Waals surface area contributed by atoms with Crippen LogP contribution in [0.4, 0.5) is 0 Å². The average Bonchev–Trinajstić information content (AvgIpc) is 2.64. The van der Waals surface area contributed by atoms with Gasteiger partial charge < -0.3 is 0 Å². The van der Waals surface area contributed by atoms with E-state index < -0.39 is 0 Å². The van der Waals surface area contributed by atoms with E-state index in [1.807, 2.05) is 0 Å². The first-order valence-corrected chi connectivity index (χ1v) is 6.78. The lowest BCUT2D eigenvalue weighted by molar-refractivity contribution is -0.189. The second-order valence-corrected chi connectivity index (χ2v) is 5.87. The van der Waals surface area contributed by atoms with Crippen molar-refractivity contribution in [2.45, 2.75) is 25.2 Å². The minimum atomic E-state index is 0.316. The third-order valence-electron chi connectivity index (χ3n) is 5.31. The molecule has 0 spiro atoms. The fourth-order valence-electron chi connectivity index (χ4n) is 4.51. The van der Waals surface area contributed by atoms with Gasteiger partial charge in [0, 0.05) is 52.4 Å². The van der Waals surface area contributed by atoms with Gasteiger partial charge in [-0.3, -0.25) is 19.6 Å². The van der Waals surface area contributed by atoms with E-state index in [0.29, 0.717) is 11.8 Å². The maximum atomic E-state index is 2.73. The molecule has 4 nitrogen and oxygen atoms in total. The summed E-state index contributed by atoms with van der Waals surface area (Å²) in [4.78, 5) is 10.9. The summed E-state index contributed by atoms with van der Waals surface area (Å²) in [6.07, 6.45) is 2.04. The van der Waals surface area contributed by atoms with Crippen LogP contribution in [0.2, 0.25) is 0 Å². The van der Waals surface area contributed by atoms with Crippen LogP contribution in [0.1, 0.15) is 13.3 Å². The van der Waals surface area contributed by atoms with Crippen LogP contribution in [0.25, 0.3) is 0 Å². The van der Waals surface area contributed by atoms with Gasteiger partial charge in [0.2, 0.25) is 0 Å². The highest BCUT2D eigenvalue weighted by Crippen LogP contribution is 2.40. The highest BCUT2D eigenvalue weighted by molar-refractivity contribution is 5.08. The van der Waals surface area contributed by atoms with E-state index in [1.165, 1.54) is 58.8 Å². The van der Waals surface area contributed by atoms with Gasteiger partial charge in [-0.25, -0.2) is 0 Å². The predicted octanol–water partition coefficient (Wildman–Crippen LogP) is -0.319. The molecule has 0 atom stereocenters. The molecule has 0 saturated carbocycles. The van der Waals surface area contributed by atoms with Crippen LogP contribution in [0.3, 0.4) is 0 Å². The van der Waals surface area contributed by atoms with Gasteiger partial charge >= 0.3 is 0 Å². The molecule has 0 aromatic rings. The molecule has 0 unspecified atom stereocenters. The summed E-state index contributed by atoms with van der Waals surface area (Å²) in [5.74, 6) is 0. The molecule has 0 aromatic heterocycles. The third kappa shape index (κ3) is 1.04. The molecule has 4 saturated heterocycles. The van der Waals surface area contributed by atoms with Gasteiger partial charge in [-0.05, 0) is 13.3 Å². The van der Waals surface area contributed by atoms with Gasteiger partial charge in [-0.15, -0.1) is 0 Å². The molecule has 4 fully saturated rings. The van der Waals surface area contributed by atoms with Crippen LogP contribution in [0.15, 0.2) is 0 Å². The van der Waals surface area contributed by atoms with Crippen molar-refractivity contribution < 1.29 is 0 Å². The van der Waals surface area contributed by atoms with E-state index in [4.69, 9.17) is 0 Å². The van der Waals surface area contributed by atoms with Crippen molar-refractivity contribution in [3.63, 3.8) is 0 Å². The van der Waals surface area contributed by atoms with Crippen molar-refractivity contribution in [2.24, 2.45) is 0 Å². The van der Waals surface area contributed by atoms with Crippen molar-refractivity contribution in [1.82, 2.24) is 19.6 Å². The molecule has 4 aliphatic heterocycles. The number of hydrogen-bond donors (Lipinski definition) is 0. The summed E-state index contributed by atoms with van der Waals surface area (Å²) in [7, 11) is 0. The van der Waals surface area contributed by atoms with Gasteiger partial charge in [-0.1, -0.05) is 0 Å². The van der Waals surface area contributed by atoms with Crippen LogP contribution in [-0.4, -0.2) is 83.8 Å². The highest BCUT2D eigenvalue weighted by Gasteiger charge is 2.57. The molecule has 0 N–H and O–H groups in total. The van der Waals surface area contributed by atoms with Crippen molar-refractivity contribution in [1.29, 1.82) is 0 Å². The Labute approximate surface area is 97.8 Å². The summed E-state index contributed by atoms with van der Waals surface area (Å²) in [5, 5.41) is 0. The quantitative estimate of drug-likeness (QED) is 0.557. The largest absolute Gasteiger partial charge is 0.284 e. The molecule has 16 heavy (non-hydrogen) atoms. The fraction of sp³-hybridized carbons (Fsp3) is 1.00. The molecule has 4 heteroatoms. The first kappa shape index (κ1) is 9.83. The van der Waals surface area contributed by atoms with Crippen LogP contribution < -0.4 is 0 Å². The van der Waals surface area contributed by atoms with Gasteiger partial charge in [-0.2, -0.15) is 0 Å². The normalized spacial score (nSPS) is 45.9. The van der Waals surface area contributed by atoms with Crippen molar-refractivity contribution in [2.75, 3.05) is 52.4 Å². The number of hydrogen-bond acceptors (Lipinski definition) is 4. The second kappa shape index (κ2) is 3.19. The van der Waals surface area contributed by atoms with Gasteiger partial charge in [0.15, 0.2) is 0 Å². The minimum absolute atomic E-state index is 0.316. The van der Waals surface area contributed by atoms with E-state index in [-0.39, 0.29) is 0 Å². The molecule has 0 aromatic carbocycles. The predicted molar refractivity (Wildman–Crippen MR) is 63.1 cm³/mol. The van der Waals surface area contributed by atoms with Crippen LogP contribution >= 0.6 is 0 Å². The van der Waals surface area contributed by atoms with Crippen LogP contribution in [-0.2, 0) is 0 Å². The first-order valence-electron chi connectivity index (χ1n) is 6.78. The molecular weight excluding hydrogens is 200 g/mol. The zero-order valence-corrected chi connectivity index (χ0v) is 10.2. The van der Waals surface area contributed by atoms with Crippen LogP contribution in [0, 0.1) is 0 Å². The maximum Gasteiger partial charge on any atom is 0.101 e. The fourth-order valence-corrected chi connectivity index (χ4v) is 4.51. The highest BCUT2D eigenvalue weighted by atomic mass is 15.6. The Kier molecular flexibility index (Phi) is 1.96. The summed E-state index contributed by atoms with van der Waals surface area (Å²) in [6, 6.07) is 0. The van der Waals surface area contributed by atoms with Gasteiger partial charge in [0.05, 0.1) is 6.17 Å². The Morgan fingerprint density at radius 3 is 1.81 bits per heavy atom. The Bertz CT molecular complexity index is 281. The lowest BCUT2D eigenvalue weighted by Gasteiger charge is -2.62. The molecule has 90 valence electrons. The smallest absolute Gasteiger partial charge is 0.101 e. The zero-order chi connectivity index (χ0) is 10.8. The lowest BCUT2D eigenvalue weighted by atomic mass is 9.95. The van der Waals surface area contributed by atoms with E-state index in [2.05, 4.69) is 26.5 Å². The summed E-state index contributed by atoms with van der Waals surface area (Å²) in [5.41, 5.74) is 0.316. The van der Waals surface area contributed by atoms with Gasteiger partial charge in [0.1, 0.15) is 5.66 Å². The van der Waals surface area contributed by atoms with Gasteiger partial charge in [0.25, 0.3) is 0 Å². The topological polar surface area (TPSA) is 13.0 Å². The molecule has 0 aliphatic carbocycles. The second-order valence-electron chi connectivity index (χ2n) is 5.87. The van der Waals surface area contributed by atoms with E-state index in [1.54, 1.807) is 0 Å². The van der Waals surface area contributed by atoms with Crippen molar-refractivity contribution in [3.8, 4) is 0 Å². The minimum Gasteiger partial charge on any atom is -0.284 e. The van der Waals surface area contributed by atoms with Crippen LogP contribution in [0.5, 0.6) is 0 Å². The number of rotatable bonds is 0. The summed E-state index contributed by atoms with van der Waals surface area (Å²) in [6.45, 7) is 12.8. The van der Waals surface area contributed by atoms with E-state index >= 15 is 0 Å². The monoisotopic (exact) mass is 222 g/mol. The number of piperazine rings is 2. The molecule has 4 aliphatic rings. The van der Waals surface area contributed by atoms with E-state index in [0.717, 1.165) is 0 Å². The Balaban J connectivity index is 1.77. The maximum absolute atomic E-state index is 2.73. The Hall–Kier alpha value is -0.160. The zero-order valence-electron chi connectivity index (χ0n) is 10.2. The lowest BCUT2D eigenvalue weighted by Crippen LogP contribution is -2.78. The molecule has 0 radical (unpaired) electrons. The summed E-state index contributed by atoms with van der Waals surface area (Å²) < 4.78 is 0. The van der Waals surface area contributed by atoms with Crippen molar-refractivity contribution in [3.05, 3.63) is 0 Å². The molecule has 4 heterocycles. The SMILES string of the molecule is CC12C3N4CCCN3CCN1CCN2CC4. The first-order chi connectivity index (χ1) is 7.80. The van der Waals surface area contributed by atoms with E-state index in [9.17, 15) is 0 Å². The Morgan fingerprint density at radius 2 is 1.25 bits per heavy atom.